The van der Waals surface area contributed by atoms with E-state index in [0.717, 1.165) is 39.8 Å². The molecule has 2 amide bonds. The van der Waals surface area contributed by atoms with Crippen LogP contribution in [0.25, 0.3) is 0 Å². The van der Waals surface area contributed by atoms with Gasteiger partial charge in [0.05, 0.1) is 10.6 Å². The normalized spacial score (nSPS) is 12.7. The van der Waals surface area contributed by atoms with Crippen molar-refractivity contribution >= 4 is 27.5 Å². The Morgan fingerprint density at radius 3 is 2.07 bits per heavy atom. The van der Waals surface area contributed by atoms with E-state index in [0.29, 0.717) is 5.69 Å². The SMILES string of the molecule is CC[C@@H](C)NC(=O)[C@@H](Cc1ccccc1)N(Cc1ccccc1C)C(=O)CN(c1cc(C)ccc1C)S(=O)(=O)c1ccc(C)cc1. The second-order valence-electron chi connectivity index (χ2n) is 12.1. The fourth-order valence-electron chi connectivity index (χ4n) is 5.30. The molecule has 0 bridgehead atoms. The molecule has 4 aromatic carbocycles. The summed E-state index contributed by atoms with van der Waals surface area (Å²) in [4.78, 5) is 30.3. The molecular formula is C38H45N3O4S. The first-order valence-corrected chi connectivity index (χ1v) is 17.2. The number of amides is 2. The van der Waals surface area contributed by atoms with E-state index in [1.54, 1.807) is 35.2 Å². The van der Waals surface area contributed by atoms with Crippen LogP contribution in [-0.2, 0) is 32.6 Å². The molecule has 4 rings (SSSR count). The van der Waals surface area contributed by atoms with E-state index < -0.39 is 28.5 Å². The van der Waals surface area contributed by atoms with E-state index in [4.69, 9.17) is 0 Å². The summed E-state index contributed by atoms with van der Waals surface area (Å²) in [5.74, 6) is -0.750. The number of nitrogens with one attached hydrogen (secondary N) is 1. The molecule has 0 aliphatic carbocycles. The second kappa shape index (κ2) is 15.2. The molecule has 0 spiro atoms. The van der Waals surface area contributed by atoms with Crippen molar-refractivity contribution in [2.45, 2.75) is 77.9 Å². The van der Waals surface area contributed by atoms with Gasteiger partial charge in [-0.15, -0.1) is 0 Å². The molecule has 0 saturated carbocycles. The van der Waals surface area contributed by atoms with Gasteiger partial charge >= 0.3 is 0 Å². The van der Waals surface area contributed by atoms with Crippen molar-refractivity contribution in [2.75, 3.05) is 10.8 Å². The van der Waals surface area contributed by atoms with Crippen molar-refractivity contribution < 1.29 is 18.0 Å². The van der Waals surface area contributed by atoms with Crippen LogP contribution in [0.4, 0.5) is 5.69 Å². The lowest BCUT2D eigenvalue weighted by molar-refractivity contribution is -0.140. The highest BCUT2D eigenvalue weighted by molar-refractivity contribution is 7.92. The van der Waals surface area contributed by atoms with Gasteiger partial charge in [0.25, 0.3) is 10.0 Å². The predicted octanol–water partition coefficient (Wildman–Crippen LogP) is 6.67. The summed E-state index contributed by atoms with van der Waals surface area (Å²) in [6, 6.07) is 28.5. The first kappa shape index (κ1) is 34.4. The van der Waals surface area contributed by atoms with Gasteiger partial charge in [0.1, 0.15) is 12.6 Å². The fourth-order valence-corrected chi connectivity index (χ4v) is 6.78. The number of nitrogens with zero attached hydrogens (tertiary/aromatic N) is 2. The summed E-state index contributed by atoms with van der Waals surface area (Å²) >= 11 is 0. The molecule has 0 aliphatic heterocycles. The maximum atomic E-state index is 14.7. The van der Waals surface area contributed by atoms with Crippen LogP contribution in [-0.4, -0.2) is 43.8 Å². The Balaban J connectivity index is 1.85. The smallest absolute Gasteiger partial charge is 0.264 e. The lowest BCUT2D eigenvalue weighted by Crippen LogP contribution is -2.54. The highest BCUT2D eigenvalue weighted by Crippen LogP contribution is 2.29. The number of benzene rings is 4. The Hall–Kier alpha value is -4.43. The van der Waals surface area contributed by atoms with Gasteiger partial charge in [-0.25, -0.2) is 8.42 Å². The molecule has 1 N–H and O–H groups in total. The molecule has 0 aromatic heterocycles. The van der Waals surface area contributed by atoms with Gasteiger partial charge in [-0.3, -0.25) is 13.9 Å². The van der Waals surface area contributed by atoms with Crippen LogP contribution in [0.5, 0.6) is 0 Å². The quantitative estimate of drug-likeness (QED) is 0.177. The van der Waals surface area contributed by atoms with E-state index in [2.05, 4.69) is 5.32 Å². The molecular weight excluding hydrogens is 595 g/mol. The van der Waals surface area contributed by atoms with Gasteiger partial charge in [0.15, 0.2) is 0 Å². The minimum absolute atomic E-state index is 0.0904. The largest absolute Gasteiger partial charge is 0.352 e. The lowest BCUT2D eigenvalue weighted by atomic mass is 10.0. The average Bonchev–Trinajstić information content (AvgIpc) is 3.04. The van der Waals surface area contributed by atoms with Crippen LogP contribution >= 0.6 is 0 Å². The zero-order chi connectivity index (χ0) is 33.4. The number of hydrogen-bond donors (Lipinski definition) is 1. The van der Waals surface area contributed by atoms with Crippen LogP contribution in [0.2, 0.25) is 0 Å². The van der Waals surface area contributed by atoms with Crippen LogP contribution in [0, 0.1) is 27.7 Å². The van der Waals surface area contributed by atoms with Crippen LogP contribution in [0.3, 0.4) is 0 Å². The number of aryl methyl sites for hydroxylation is 4. The van der Waals surface area contributed by atoms with Gasteiger partial charge in [-0.1, -0.05) is 91.3 Å². The standard InChI is InChI=1S/C38H45N3O4S/c1-7-31(6)39-38(43)36(24-32-14-9-8-10-15-32)40(25-33-16-12-11-13-29(33)4)37(42)26-41(35-23-28(3)17-20-30(35)5)46(44,45)34-21-18-27(2)19-22-34/h8-23,31,36H,7,24-26H2,1-6H3,(H,39,43)/t31-,36-/m1/s1. The number of hydrogen-bond acceptors (Lipinski definition) is 4. The topological polar surface area (TPSA) is 86.8 Å². The highest BCUT2D eigenvalue weighted by Gasteiger charge is 2.35. The van der Waals surface area contributed by atoms with Gasteiger partial charge in [0, 0.05) is 19.0 Å². The average molecular weight is 640 g/mol. The van der Waals surface area contributed by atoms with Crippen LogP contribution in [0.1, 0.15) is 53.6 Å². The lowest BCUT2D eigenvalue weighted by Gasteiger charge is -2.35. The molecule has 0 fully saturated rings. The van der Waals surface area contributed by atoms with Gasteiger partial charge in [-0.2, -0.15) is 0 Å². The van der Waals surface area contributed by atoms with Gasteiger partial charge in [-0.05, 0) is 87.1 Å². The minimum atomic E-state index is -4.16. The van der Waals surface area contributed by atoms with Crippen molar-refractivity contribution in [3.05, 3.63) is 130 Å². The Kier molecular flexibility index (Phi) is 11.4. The van der Waals surface area contributed by atoms with Crippen molar-refractivity contribution in [2.24, 2.45) is 0 Å². The van der Waals surface area contributed by atoms with E-state index in [-0.39, 0.29) is 29.8 Å². The second-order valence-corrected chi connectivity index (χ2v) is 13.9. The molecule has 242 valence electrons. The molecule has 0 heterocycles. The zero-order valence-corrected chi connectivity index (χ0v) is 28.5. The summed E-state index contributed by atoms with van der Waals surface area (Å²) < 4.78 is 29.9. The fraction of sp³-hybridized carbons (Fsp3) is 0.316. The summed E-state index contributed by atoms with van der Waals surface area (Å²) in [5, 5.41) is 3.08. The van der Waals surface area contributed by atoms with Crippen molar-refractivity contribution in [3.63, 3.8) is 0 Å². The van der Waals surface area contributed by atoms with Gasteiger partial charge < -0.3 is 10.2 Å². The Labute approximate surface area is 274 Å². The highest BCUT2D eigenvalue weighted by atomic mass is 32.2. The van der Waals surface area contributed by atoms with Crippen molar-refractivity contribution in [1.82, 2.24) is 10.2 Å². The van der Waals surface area contributed by atoms with Crippen molar-refractivity contribution in [1.29, 1.82) is 0 Å². The zero-order valence-electron chi connectivity index (χ0n) is 27.7. The first-order chi connectivity index (χ1) is 21.9. The summed E-state index contributed by atoms with van der Waals surface area (Å²) in [5.41, 5.74) is 5.68. The Morgan fingerprint density at radius 1 is 0.783 bits per heavy atom. The van der Waals surface area contributed by atoms with E-state index in [1.165, 1.54) is 4.31 Å². The number of sulfonamides is 1. The minimum Gasteiger partial charge on any atom is -0.352 e. The van der Waals surface area contributed by atoms with E-state index in [9.17, 15) is 18.0 Å². The molecule has 0 saturated heterocycles. The van der Waals surface area contributed by atoms with E-state index in [1.807, 2.05) is 108 Å². The van der Waals surface area contributed by atoms with E-state index >= 15 is 0 Å². The number of carbonyl (C=O) groups is 2. The number of anilines is 1. The Morgan fingerprint density at radius 2 is 1.41 bits per heavy atom. The predicted molar refractivity (Wildman–Crippen MR) is 185 cm³/mol. The van der Waals surface area contributed by atoms with Crippen LogP contribution in [0.15, 0.2) is 102 Å². The monoisotopic (exact) mass is 639 g/mol. The number of carbonyl (C=O) groups excluding carboxylic acids is 2. The summed E-state index contributed by atoms with van der Waals surface area (Å²) in [7, 11) is -4.16. The van der Waals surface area contributed by atoms with Crippen molar-refractivity contribution in [3.8, 4) is 0 Å². The third-order valence-electron chi connectivity index (χ3n) is 8.40. The maximum Gasteiger partial charge on any atom is 0.264 e. The number of rotatable bonds is 13. The molecule has 2 atom stereocenters. The summed E-state index contributed by atoms with van der Waals surface area (Å²) in [6.07, 6.45) is 1.000. The first-order valence-electron chi connectivity index (χ1n) is 15.8. The molecule has 7 nitrogen and oxygen atoms in total. The molecule has 0 unspecified atom stereocenters. The third kappa shape index (κ3) is 8.43. The van der Waals surface area contributed by atoms with Gasteiger partial charge in [0.2, 0.25) is 11.8 Å². The van der Waals surface area contributed by atoms with Crippen LogP contribution < -0.4 is 9.62 Å². The molecule has 0 radical (unpaired) electrons. The third-order valence-corrected chi connectivity index (χ3v) is 10.2. The Bertz CT molecular complexity index is 1750. The molecule has 8 heteroatoms. The maximum absolute atomic E-state index is 14.7. The summed E-state index contributed by atoms with van der Waals surface area (Å²) in [6.45, 7) is 11.2. The molecule has 4 aromatic rings. The molecule has 0 aliphatic rings. The molecule has 46 heavy (non-hydrogen) atoms.